The Bertz CT molecular complexity index is 448. The number of thiazole rings is 1. The van der Waals surface area contributed by atoms with E-state index < -0.39 is 5.97 Å². The number of carbonyl (C=O) groups excluding carboxylic acids is 1. The predicted octanol–water partition coefficient (Wildman–Crippen LogP) is 1.59. The highest BCUT2D eigenvalue weighted by atomic mass is 32.1. The van der Waals surface area contributed by atoms with Crippen LogP contribution in [0.1, 0.15) is 16.6 Å². The first-order valence-corrected chi connectivity index (χ1v) is 6.50. The van der Waals surface area contributed by atoms with E-state index in [1.807, 2.05) is 0 Å². The lowest BCUT2D eigenvalue weighted by atomic mass is 10.5. The van der Waals surface area contributed by atoms with Crippen molar-refractivity contribution in [2.45, 2.75) is 6.92 Å². The second kappa shape index (κ2) is 9.93. The molecular weight excluding hydrogens is 280 g/mol. The molecule has 0 aliphatic carbocycles. The molecule has 3 N–H and O–H groups in total. The van der Waals surface area contributed by atoms with Crippen LogP contribution in [0.3, 0.4) is 0 Å². The Kier molecular flexibility index (Phi) is 8.97. The first-order valence-electron chi connectivity index (χ1n) is 5.69. The minimum absolute atomic E-state index is 0.375. The number of rotatable bonds is 5. The van der Waals surface area contributed by atoms with Crippen LogP contribution >= 0.6 is 11.3 Å². The van der Waals surface area contributed by atoms with Crippen molar-refractivity contribution in [3.8, 4) is 0 Å². The number of nitrogen functional groups attached to an aromatic ring is 1. The summed E-state index contributed by atoms with van der Waals surface area (Å²) in [7, 11) is 2.96. The van der Waals surface area contributed by atoms with Crippen LogP contribution < -0.4 is 5.73 Å². The molecule has 0 bridgehead atoms. The predicted molar refractivity (Wildman–Crippen MR) is 80.0 cm³/mol. The molecule has 0 radical (unpaired) electrons. The summed E-state index contributed by atoms with van der Waals surface area (Å²) in [5.41, 5.74) is 5.27. The maximum absolute atomic E-state index is 10.7. The van der Waals surface area contributed by atoms with Crippen molar-refractivity contribution in [2.75, 3.05) is 33.1 Å². The standard InChI is InChI=1S/C7H14N2O.C5H6N2O2S/c1-4-9(7(2)8)5-6-10-3;1-9-4(8)3-2-7-5(6)10-3/h4,8H,1,5-6H2,2-3H3;2H,1H3,(H2,6,7). The third kappa shape index (κ3) is 6.86. The number of nitrogens with zero attached hydrogens (tertiary/aromatic N) is 2. The van der Waals surface area contributed by atoms with E-state index in [1.165, 1.54) is 13.3 Å². The lowest BCUT2D eigenvalue weighted by Gasteiger charge is -2.16. The number of ether oxygens (including phenoxy) is 2. The van der Waals surface area contributed by atoms with E-state index in [-0.39, 0.29) is 0 Å². The van der Waals surface area contributed by atoms with Crippen LogP contribution in [0, 0.1) is 5.41 Å². The van der Waals surface area contributed by atoms with E-state index in [0.717, 1.165) is 11.3 Å². The molecule has 0 saturated heterocycles. The molecule has 20 heavy (non-hydrogen) atoms. The second-order valence-electron chi connectivity index (χ2n) is 3.51. The van der Waals surface area contributed by atoms with Crippen molar-refractivity contribution >= 4 is 28.3 Å². The molecule has 1 aromatic heterocycles. The van der Waals surface area contributed by atoms with Crippen molar-refractivity contribution < 1.29 is 14.3 Å². The highest BCUT2D eigenvalue weighted by molar-refractivity contribution is 7.17. The van der Waals surface area contributed by atoms with E-state index in [1.54, 1.807) is 25.1 Å². The molecule has 1 heterocycles. The van der Waals surface area contributed by atoms with Crippen LogP contribution in [0.4, 0.5) is 5.13 Å². The van der Waals surface area contributed by atoms with E-state index in [2.05, 4.69) is 16.3 Å². The largest absolute Gasteiger partial charge is 0.465 e. The van der Waals surface area contributed by atoms with Crippen molar-refractivity contribution in [3.63, 3.8) is 0 Å². The van der Waals surface area contributed by atoms with Gasteiger partial charge < -0.3 is 20.1 Å². The van der Waals surface area contributed by atoms with Crippen LogP contribution in [0.15, 0.2) is 19.0 Å². The monoisotopic (exact) mass is 300 g/mol. The number of esters is 1. The van der Waals surface area contributed by atoms with Crippen molar-refractivity contribution in [2.24, 2.45) is 0 Å². The zero-order valence-corrected chi connectivity index (χ0v) is 12.7. The fraction of sp³-hybridized carbons (Fsp3) is 0.417. The fourth-order valence-electron chi connectivity index (χ4n) is 1.07. The number of nitrogens with one attached hydrogen (secondary N) is 1. The van der Waals surface area contributed by atoms with Gasteiger partial charge in [0.1, 0.15) is 4.88 Å². The average molecular weight is 300 g/mol. The summed E-state index contributed by atoms with van der Waals surface area (Å²) in [5, 5.41) is 7.60. The van der Waals surface area contributed by atoms with E-state index >= 15 is 0 Å². The fourth-order valence-corrected chi connectivity index (χ4v) is 1.67. The molecule has 0 aliphatic rings. The van der Waals surface area contributed by atoms with Crippen molar-refractivity contribution in [1.29, 1.82) is 5.41 Å². The van der Waals surface area contributed by atoms with E-state index in [0.29, 0.717) is 29.0 Å². The van der Waals surface area contributed by atoms with Gasteiger partial charge in [0, 0.05) is 13.7 Å². The van der Waals surface area contributed by atoms with E-state index in [4.69, 9.17) is 15.9 Å². The summed E-state index contributed by atoms with van der Waals surface area (Å²) in [4.78, 5) is 16.6. The molecule has 8 heteroatoms. The SMILES string of the molecule is C=CN(CCOC)C(C)=N.COC(=O)c1cnc(N)s1. The van der Waals surface area contributed by atoms with Gasteiger partial charge in [-0.15, -0.1) is 0 Å². The van der Waals surface area contributed by atoms with Crippen LogP contribution in [0.5, 0.6) is 0 Å². The molecule has 112 valence electrons. The number of hydrogen-bond acceptors (Lipinski definition) is 7. The minimum atomic E-state index is -0.394. The molecule has 0 spiro atoms. The Balaban J connectivity index is 0.000000361. The van der Waals surface area contributed by atoms with Gasteiger partial charge in [0.2, 0.25) is 0 Å². The molecule has 0 unspecified atom stereocenters. The quantitative estimate of drug-likeness (QED) is 0.486. The zero-order chi connectivity index (χ0) is 15.5. The van der Waals surface area contributed by atoms with Crippen molar-refractivity contribution in [3.05, 3.63) is 23.9 Å². The van der Waals surface area contributed by atoms with Crippen LogP contribution in [0.2, 0.25) is 0 Å². The third-order valence-electron chi connectivity index (χ3n) is 2.10. The summed E-state index contributed by atoms with van der Waals surface area (Å²) < 4.78 is 9.26. The summed E-state index contributed by atoms with van der Waals surface area (Å²) in [6.07, 6.45) is 3.02. The summed E-state index contributed by atoms with van der Waals surface area (Å²) in [6.45, 7) is 6.62. The molecule has 0 amide bonds. The van der Waals surface area contributed by atoms with Crippen LogP contribution in [0.25, 0.3) is 0 Å². The summed E-state index contributed by atoms with van der Waals surface area (Å²) in [5.74, 6) is 0.0984. The molecular formula is C12H20N4O3S. The van der Waals surface area contributed by atoms with Gasteiger partial charge in [-0.25, -0.2) is 9.78 Å². The normalized spacial score (nSPS) is 9.15. The van der Waals surface area contributed by atoms with Gasteiger partial charge in [-0.1, -0.05) is 17.9 Å². The number of aromatic nitrogens is 1. The first kappa shape index (κ1) is 18.1. The Morgan fingerprint density at radius 2 is 2.30 bits per heavy atom. The van der Waals surface area contributed by atoms with Gasteiger partial charge in [0.25, 0.3) is 0 Å². The Hall–Kier alpha value is -1.93. The number of amidine groups is 1. The summed E-state index contributed by atoms with van der Waals surface area (Å²) in [6, 6.07) is 0. The maximum atomic E-state index is 10.7. The lowest BCUT2D eigenvalue weighted by molar-refractivity contribution is 0.0606. The average Bonchev–Trinajstić information content (AvgIpc) is 2.86. The van der Waals surface area contributed by atoms with Gasteiger partial charge in [-0.2, -0.15) is 0 Å². The highest BCUT2D eigenvalue weighted by Crippen LogP contribution is 2.14. The topological polar surface area (TPSA) is 102 Å². The maximum Gasteiger partial charge on any atom is 0.349 e. The molecule has 1 rings (SSSR count). The van der Waals surface area contributed by atoms with Gasteiger partial charge in [0.15, 0.2) is 5.13 Å². The first-order chi connectivity index (χ1) is 9.46. The number of hydrogen-bond donors (Lipinski definition) is 2. The van der Waals surface area contributed by atoms with Crippen LogP contribution in [-0.4, -0.2) is 49.1 Å². The van der Waals surface area contributed by atoms with Gasteiger partial charge >= 0.3 is 5.97 Å². The Morgan fingerprint density at radius 1 is 1.65 bits per heavy atom. The van der Waals surface area contributed by atoms with Gasteiger partial charge in [-0.3, -0.25) is 5.41 Å². The third-order valence-corrected chi connectivity index (χ3v) is 2.90. The zero-order valence-electron chi connectivity index (χ0n) is 11.9. The molecule has 0 atom stereocenters. The summed E-state index contributed by atoms with van der Waals surface area (Å²) >= 11 is 1.11. The Labute approximate surface area is 122 Å². The molecule has 0 aliphatic heterocycles. The molecule has 7 nitrogen and oxygen atoms in total. The van der Waals surface area contributed by atoms with Crippen LogP contribution in [-0.2, 0) is 9.47 Å². The Morgan fingerprint density at radius 3 is 2.65 bits per heavy atom. The number of anilines is 1. The van der Waals surface area contributed by atoms with E-state index in [9.17, 15) is 4.79 Å². The molecule has 0 saturated carbocycles. The second-order valence-corrected chi connectivity index (χ2v) is 4.57. The lowest BCUT2D eigenvalue weighted by Crippen LogP contribution is -2.25. The number of carbonyl (C=O) groups is 1. The van der Waals surface area contributed by atoms with Gasteiger partial charge in [0.05, 0.1) is 25.7 Å². The number of methoxy groups -OCH3 is 2. The molecule has 0 fully saturated rings. The molecule has 0 aromatic carbocycles. The number of nitrogens with two attached hydrogens (primary N) is 1. The minimum Gasteiger partial charge on any atom is -0.465 e. The van der Waals surface area contributed by atoms with Crippen molar-refractivity contribution in [1.82, 2.24) is 9.88 Å². The highest BCUT2D eigenvalue weighted by Gasteiger charge is 2.07. The smallest absolute Gasteiger partial charge is 0.349 e. The molecule has 1 aromatic rings. The van der Waals surface area contributed by atoms with Gasteiger partial charge in [-0.05, 0) is 13.1 Å².